The summed E-state index contributed by atoms with van der Waals surface area (Å²) in [6.45, 7) is 1.03. The maximum atomic E-state index is 12.4. The topological polar surface area (TPSA) is 108 Å². The van der Waals surface area contributed by atoms with Gasteiger partial charge in [0.25, 0.3) is 0 Å². The number of pyridine rings is 1. The third-order valence-electron chi connectivity index (χ3n) is 4.07. The Morgan fingerprint density at radius 2 is 1.93 bits per heavy atom. The lowest BCUT2D eigenvalue weighted by Gasteiger charge is -2.10. The van der Waals surface area contributed by atoms with Crippen LogP contribution in [0.3, 0.4) is 0 Å². The van der Waals surface area contributed by atoms with Gasteiger partial charge < -0.3 is 14.8 Å². The fourth-order valence-corrected chi connectivity index (χ4v) is 3.43. The van der Waals surface area contributed by atoms with E-state index in [1.165, 1.54) is 18.9 Å². The normalized spacial score (nSPS) is 10.6. The Hall–Kier alpha value is -3.24. The number of benzene rings is 1. The number of methoxy groups -OCH3 is 2. The van der Waals surface area contributed by atoms with Crippen LogP contribution < -0.4 is 5.32 Å². The van der Waals surface area contributed by atoms with Gasteiger partial charge in [-0.05, 0) is 30.3 Å². The Labute approximate surface area is 177 Å². The quantitative estimate of drug-likeness (QED) is 0.410. The zero-order valence-corrected chi connectivity index (χ0v) is 17.4. The number of anilines is 1. The first-order valence-electron chi connectivity index (χ1n) is 9.06. The molecule has 2 heterocycles. The smallest absolute Gasteiger partial charge is 0.337 e. The number of nitrogens with one attached hydrogen (secondary N) is 1. The molecule has 0 aliphatic heterocycles. The molecule has 0 spiro atoms. The largest absolute Gasteiger partial charge is 0.465 e. The molecule has 0 saturated heterocycles. The number of nitrogens with zero attached hydrogens (tertiary/aromatic N) is 4. The van der Waals surface area contributed by atoms with E-state index in [1.807, 2.05) is 16.7 Å². The molecule has 10 heteroatoms. The number of hydrogen-bond donors (Lipinski definition) is 1. The molecule has 0 radical (unpaired) electrons. The maximum Gasteiger partial charge on any atom is 0.337 e. The number of carbonyl (C=O) groups excluding carboxylic acids is 2. The number of rotatable bonds is 9. The Balaban J connectivity index is 1.68. The van der Waals surface area contributed by atoms with Crippen LogP contribution in [-0.2, 0) is 20.8 Å². The van der Waals surface area contributed by atoms with Crippen molar-refractivity contribution in [2.45, 2.75) is 11.7 Å². The predicted molar refractivity (Wildman–Crippen MR) is 112 cm³/mol. The highest BCUT2D eigenvalue weighted by molar-refractivity contribution is 7.99. The molecule has 30 heavy (non-hydrogen) atoms. The van der Waals surface area contributed by atoms with Gasteiger partial charge >= 0.3 is 5.97 Å². The highest BCUT2D eigenvalue weighted by Crippen LogP contribution is 2.24. The number of ether oxygens (including phenoxy) is 2. The summed E-state index contributed by atoms with van der Waals surface area (Å²) in [4.78, 5) is 28.1. The van der Waals surface area contributed by atoms with Crippen LogP contribution in [0, 0.1) is 0 Å². The monoisotopic (exact) mass is 427 g/mol. The van der Waals surface area contributed by atoms with Gasteiger partial charge in [-0.1, -0.05) is 17.8 Å². The van der Waals surface area contributed by atoms with E-state index in [2.05, 4.69) is 20.5 Å². The molecule has 1 aromatic carbocycles. The lowest BCUT2D eigenvalue weighted by molar-refractivity contribution is -0.113. The Morgan fingerprint density at radius 1 is 1.13 bits per heavy atom. The SMILES string of the molecule is COCCn1c(SCC(=O)Nc2cccc(C(=O)OC)c2)nnc1-c1ccncc1. The standard InChI is InChI=1S/C20H21N5O4S/c1-28-11-10-25-18(14-6-8-21-9-7-14)23-24-20(25)30-13-17(26)22-16-5-3-4-15(12-16)19(27)29-2/h3-9,12H,10-11,13H2,1-2H3,(H,22,26). The van der Waals surface area contributed by atoms with Crippen molar-refractivity contribution in [3.05, 3.63) is 54.4 Å². The molecule has 156 valence electrons. The Bertz CT molecular complexity index is 1010. The highest BCUT2D eigenvalue weighted by Gasteiger charge is 2.16. The Morgan fingerprint density at radius 3 is 2.67 bits per heavy atom. The molecule has 0 saturated carbocycles. The third kappa shape index (κ3) is 5.43. The summed E-state index contributed by atoms with van der Waals surface area (Å²) in [5.74, 6) is 0.122. The molecular weight excluding hydrogens is 406 g/mol. The van der Waals surface area contributed by atoms with Crippen molar-refractivity contribution in [2.24, 2.45) is 0 Å². The fraction of sp³-hybridized carbons (Fsp3) is 0.250. The molecule has 3 rings (SSSR count). The van der Waals surface area contributed by atoms with Crippen molar-refractivity contribution in [1.29, 1.82) is 0 Å². The van der Waals surface area contributed by atoms with Gasteiger partial charge in [-0.25, -0.2) is 4.79 Å². The average molecular weight is 427 g/mol. The van der Waals surface area contributed by atoms with Gasteiger partial charge in [-0.15, -0.1) is 10.2 Å². The van der Waals surface area contributed by atoms with Crippen LogP contribution in [0.2, 0.25) is 0 Å². The summed E-state index contributed by atoms with van der Waals surface area (Å²) in [6, 6.07) is 10.3. The predicted octanol–water partition coefficient (Wildman–Crippen LogP) is 2.50. The van der Waals surface area contributed by atoms with Crippen LogP contribution in [0.1, 0.15) is 10.4 Å². The number of aromatic nitrogens is 4. The van der Waals surface area contributed by atoms with Crippen molar-refractivity contribution >= 4 is 29.3 Å². The fourth-order valence-electron chi connectivity index (χ4n) is 2.66. The molecule has 0 aliphatic carbocycles. The van der Waals surface area contributed by atoms with E-state index in [1.54, 1.807) is 43.8 Å². The van der Waals surface area contributed by atoms with Gasteiger partial charge in [0.1, 0.15) is 0 Å². The van der Waals surface area contributed by atoms with E-state index in [9.17, 15) is 9.59 Å². The van der Waals surface area contributed by atoms with Crippen molar-refractivity contribution in [3.8, 4) is 11.4 Å². The molecule has 1 N–H and O–H groups in total. The molecule has 0 aliphatic rings. The van der Waals surface area contributed by atoms with Gasteiger partial charge in [0, 0.05) is 30.8 Å². The second-order valence-electron chi connectivity index (χ2n) is 6.10. The van der Waals surface area contributed by atoms with Crippen LogP contribution in [0.4, 0.5) is 5.69 Å². The van der Waals surface area contributed by atoms with Gasteiger partial charge in [-0.3, -0.25) is 14.3 Å². The first kappa shape index (κ1) is 21.5. The molecule has 1 amide bonds. The number of esters is 1. The first-order valence-corrected chi connectivity index (χ1v) is 10.0. The van der Waals surface area contributed by atoms with Crippen LogP contribution in [0.15, 0.2) is 53.9 Å². The van der Waals surface area contributed by atoms with Crippen LogP contribution >= 0.6 is 11.8 Å². The summed E-state index contributed by atoms with van der Waals surface area (Å²) in [5.41, 5.74) is 1.76. The summed E-state index contributed by atoms with van der Waals surface area (Å²) >= 11 is 1.27. The summed E-state index contributed by atoms with van der Waals surface area (Å²) < 4.78 is 11.8. The first-order chi connectivity index (χ1) is 14.6. The van der Waals surface area contributed by atoms with Gasteiger partial charge in [-0.2, -0.15) is 0 Å². The van der Waals surface area contributed by atoms with E-state index in [-0.39, 0.29) is 11.7 Å². The minimum atomic E-state index is -0.463. The zero-order valence-electron chi connectivity index (χ0n) is 16.6. The minimum absolute atomic E-state index is 0.129. The van der Waals surface area contributed by atoms with Crippen molar-refractivity contribution in [3.63, 3.8) is 0 Å². The summed E-state index contributed by atoms with van der Waals surface area (Å²) in [5, 5.41) is 11.9. The lowest BCUT2D eigenvalue weighted by Crippen LogP contribution is -2.15. The molecule has 3 aromatic rings. The summed E-state index contributed by atoms with van der Waals surface area (Å²) in [7, 11) is 2.93. The van der Waals surface area contributed by atoms with Crippen LogP contribution in [-0.4, -0.2) is 58.2 Å². The number of amides is 1. The number of thioether (sulfide) groups is 1. The van der Waals surface area contributed by atoms with Gasteiger partial charge in [0.15, 0.2) is 11.0 Å². The Kier molecular flexibility index (Phi) is 7.52. The van der Waals surface area contributed by atoms with E-state index in [0.29, 0.717) is 35.4 Å². The second-order valence-corrected chi connectivity index (χ2v) is 7.04. The minimum Gasteiger partial charge on any atom is -0.465 e. The van der Waals surface area contributed by atoms with E-state index in [4.69, 9.17) is 9.47 Å². The molecular formula is C20H21N5O4S. The third-order valence-corrected chi connectivity index (χ3v) is 5.04. The van der Waals surface area contributed by atoms with E-state index >= 15 is 0 Å². The van der Waals surface area contributed by atoms with Crippen LogP contribution in [0.5, 0.6) is 0 Å². The van der Waals surface area contributed by atoms with Crippen molar-refractivity contribution < 1.29 is 19.1 Å². The molecule has 0 unspecified atom stereocenters. The molecule has 9 nitrogen and oxygen atoms in total. The van der Waals surface area contributed by atoms with Crippen molar-refractivity contribution in [1.82, 2.24) is 19.7 Å². The number of hydrogen-bond acceptors (Lipinski definition) is 8. The highest BCUT2D eigenvalue weighted by atomic mass is 32.2. The lowest BCUT2D eigenvalue weighted by atomic mass is 10.2. The second kappa shape index (κ2) is 10.5. The van der Waals surface area contributed by atoms with Crippen molar-refractivity contribution in [2.75, 3.05) is 31.9 Å². The molecule has 0 atom stereocenters. The zero-order chi connectivity index (χ0) is 21.3. The maximum absolute atomic E-state index is 12.4. The average Bonchev–Trinajstić information content (AvgIpc) is 3.19. The summed E-state index contributed by atoms with van der Waals surface area (Å²) in [6.07, 6.45) is 3.38. The van der Waals surface area contributed by atoms with Gasteiger partial charge in [0.2, 0.25) is 5.91 Å². The van der Waals surface area contributed by atoms with E-state index < -0.39 is 5.97 Å². The van der Waals surface area contributed by atoms with Gasteiger partial charge in [0.05, 0.1) is 31.6 Å². The molecule has 2 aromatic heterocycles. The number of carbonyl (C=O) groups is 2. The van der Waals surface area contributed by atoms with Crippen LogP contribution in [0.25, 0.3) is 11.4 Å². The molecule has 0 bridgehead atoms. The molecule has 0 fully saturated rings. The van der Waals surface area contributed by atoms with E-state index in [0.717, 1.165) is 5.56 Å².